The number of methoxy groups -OCH3 is 1. The fraction of sp³-hybridized carbons (Fsp3) is 0.300. The average Bonchev–Trinajstić information content (AvgIpc) is 2.74. The second-order valence-corrected chi connectivity index (χ2v) is 6.85. The third-order valence-electron chi connectivity index (χ3n) is 5.04. The van der Waals surface area contributed by atoms with E-state index in [1.807, 2.05) is 0 Å². The molecule has 0 amide bonds. The van der Waals surface area contributed by atoms with Crippen LogP contribution in [0.4, 0.5) is 5.69 Å². The van der Waals surface area contributed by atoms with E-state index in [0.717, 1.165) is 26.2 Å². The van der Waals surface area contributed by atoms with Crippen LogP contribution in [0.15, 0.2) is 47.3 Å². The summed E-state index contributed by atoms with van der Waals surface area (Å²) in [5.41, 5.74) is 0.638. The van der Waals surface area contributed by atoms with Crippen LogP contribution in [-0.4, -0.2) is 52.7 Å². The maximum Gasteiger partial charge on any atom is 0.270 e. The first-order valence-corrected chi connectivity index (χ1v) is 9.34. The Kier molecular flexibility index (Phi) is 5.24. The molecular weight excluding hydrogens is 374 g/mol. The summed E-state index contributed by atoms with van der Waals surface area (Å²) in [5.74, 6) is 1.28. The molecule has 29 heavy (non-hydrogen) atoms. The molecule has 2 heterocycles. The van der Waals surface area contributed by atoms with Crippen molar-refractivity contribution in [2.45, 2.75) is 6.54 Å². The van der Waals surface area contributed by atoms with E-state index in [9.17, 15) is 14.9 Å². The lowest BCUT2D eigenvalue weighted by molar-refractivity contribution is -0.384. The summed E-state index contributed by atoms with van der Waals surface area (Å²) < 4.78 is 6.74. The minimum atomic E-state index is -0.509. The maximum atomic E-state index is 13.4. The smallest absolute Gasteiger partial charge is 0.270 e. The van der Waals surface area contributed by atoms with Crippen molar-refractivity contribution in [3.63, 3.8) is 0 Å². The summed E-state index contributed by atoms with van der Waals surface area (Å²) in [6.45, 7) is 3.99. The molecular formula is C20H21N5O4. The van der Waals surface area contributed by atoms with Crippen molar-refractivity contribution in [2.24, 2.45) is 0 Å². The van der Waals surface area contributed by atoms with Gasteiger partial charge in [-0.15, -0.1) is 0 Å². The van der Waals surface area contributed by atoms with E-state index in [-0.39, 0.29) is 16.6 Å². The molecule has 0 atom stereocenters. The second kappa shape index (κ2) is 7.98. The van der Waals surface area contributed by atoms with Gasteiger partial charge in [0.25, 0.3) is 11.2 Å². The molecule has 1 aromatic heterocycles. The zero-order valence-corrected chi connectivity index (χ0v) is 16.0. The molecule has 0 aliphatic carbocycles. The van der Waals surface area contributed by atoms with Crippen LogP contribution in [0.1, 0.15) is 5.82 Å². The molecule has 0 saturated carbocycles. The molecule has 0 spiro atoms. The van der Waals surface area contributed by atoms with Crippen LogP contribution < -0.4 is 15.6 Å². The summed E-state index contributed by atoms with van der Waals surface area (Å²) in [6.07, 6.45) is 0. The van der Waals surface area contributed by atoms with Gasteiger partial charge in [-0.1, -0.05) is 0 Å². The Morgan fingerprint density at radius 2 is 1.90 bits per heavy atom. The van der Waals surface area contributed by atoms with E-state index >= 15 is 0 Å². The van der Waals surface area contributed by atoms with Gasteiger partial charge < -0.3 is 10.1 Å². The van der Waals surface area contributed by atoms with E-state index in [1.54, 1.807) is 31.4 Å². The topological polar surface area (TPSA) is 103 Å². The van der Waals surface area contributed by atoms with Crippen molar-refractivity contribution >= 4 is 16.6 Å². The average molecular weight is 395 g/mol. The molecule has 1 fully saturated rings. The molecule has 0 bridgehead atoms. The first-order valence-electron chi connectivity index (χ1n) is 9.34. The van der Waals surface area contributed by atoms with E-state index in [4.69, 9.17) is 9.72 Å². The molecule has 150 valence electrons. The Labute approximate surface area is 166 Å². The van der Waals surface area contributed by atoms with Gasteiger partial charge >= 0.3 is 0 Å². The molecule has 2 aromatic carbocycles. The fourth-order valence-corrected chi connectivity index (χ4v) is 3.51. The van der Waals surface area contributed by atoms with Crippen molar-refractivity contribution in [1.82, 2.24) is 19.8 Å². The number of nitro groups is 1. The van der Waals surface area contributed by atoms with Gasteiger partial charge in [0.05, 0.1) is 35.2 Å². The normalized spacial score (nSPS) is 14.8. The molecule has 3 aromatic rings. The van der Waals surface area contributed by atoms with Gasteiger partial charge in [-0.2, -0.15) is 0 Å². The second-order valence-electron chi connectivity index (χ2n) is 6.85. The molecule has 4 rings (SSSR count). The molecule has 1 aliphatic rings. The lowest BCUT2D eigenvalue weighted by Crippen LogP contribution is -2.44. The zero-order valence-electron chi connectivity index (χ0n) is 16.0. The van der Waals surface area contributed by atoms with E-state index < -0.39 is 4.92 Å². The number of hydrogen-bond acceptors (Lipinski definition) is 7. The quantitative estimate of drug-likeness (QED) is 0.518. The van der Waals surface area contributed by atoms with Crippen molar-refractivity contribution in [2.75, 3.05) is 33.3 Å². The Hall–Kier alpha value is -3.30. The summed E-state index contributed by atoms with van der Waals surface area (Å²) in [5, 5.41) is 14.7. The highest BCUT2D eigenvalue weighted by molar-refractivity contribution is 5.80. The van der Waals surface area contributed by atoms with Crippen molar-refractivity contribution in [3.05, 3.63) is 68.8 Å². The fourth-order valence-electron chi connectivity index (χ4n) is 3.51. The van der Waals surface area contributed by atoms with Gasteiger partial charge in [0.15, 0.2) is 0 Å². The van der Waals surface area contributed by atoms with Crippen molar-refractivity contribution in [1.29, 1.82) is 0 Å². The number of nitrogens with one attached hydrogen (secondary N) is 1. The van der Waals surface area contributed by atoms with Gasteiger partial charge in [0.2, 0.25) is 0 Å². The third kappa shape index (κ3) is 3.82. The number of fused-ring (bicyclic) bond motifs is 1. The van der Waals surface area contributed by atoms with Crippen LogP contribution in [0.3, 0.4) is 0 Å². The van der Waals surface area contributed by atoms with Crippen molar-refractivity contribution in [3.8, 4) is 11.4 Å². The van der Waals surface area contributed by atoms with E-state index in [1.165, 1.54) is 22.8 Å². The van der Waals surface area contributed by atoms with Crippen LogP contribution in [0, 0.1) is 10.1 Å². The number of rotatable bonds is 5. The van der Waals surface area contributed by atoms with E-state index in [2.05, 4.69) is 10.2 Å². The number of ether oxygens (including phenoxy) is 1. The third-order valence-corrected chi connectivity index (χ3v) is 5.04. The molecule has 9 heteroatoms. The Bertz CT molecular complexity index is 1100. The highest BCUT2D eigenvalue weighted by atomic mass is 16.6. The maximum absolute atomic E-state index is 13.4. The summed E-state index contributed by atoms with van der Waals surface area (Å²) in [6, 6.07) is 11.3. The Balaban J connectivity index is 1.89. The van der Waals surface area contributed by atoms with E-state index in [0.29, 0.717) is 29.3 Å². The van der Waals surface area contributed by atoms with Gasteiger partial charge in [-0.25, -0.2) is 4.98 Å². The van der Waals surface area contributed by atoms with Gasteiger partial charge in [-0.05, 0) is 30.3 Å². The number of hydrogen-bond donors (Lipinski definition) is 1. The van der Waals surface area contributed by atoms with Gasteiger partial charge in [0, 0.05) is 38.3 Å². The monoisotopic (exact) mass is 395 g/mol. The first kappa shape index (κ1) is 19.0. The predicted octanol–water partition coefficient (Wildman–Crippen LogP) is 1.71. The number of nitro benzene ring substituents is 1. The Morgan fingerprint density at radius 1 is 1.17 bits per heavy atom. The van der Waals surface area contributed by atoms with Crippen LogP contribution in [0.25, 0.3) is 16.6 Å². The van der Waals surface area contributed by atoms with Crippen LogP contribution in [0.2, 0.25) is 0 Å². The van der Waals surface area contributed by atoms with Crippen LogP contribution >= 0.6 is 0 Å². The minimum absolute atomic E-state index is 0.132. The number of non-ortho nitro benzene ring substituents is 1. The number of piperazine rings is 1. The van der Waals surface area contributed by atoms with Crippen molar-refractivity contribution < 1.29 is 9.66 Å². The molecule has 0 unspecified atom stereocenters. The minimum Gasteiger partial charge on any atom is -0.497 e. The lowest BCUT2D eigenvalue weighted by atomic mass is 10.2. The molecule has 1 N–H and O–H groups in total. The number of aromatic nitrogens is 2. The SMILES string of the molecule is COc1ccc(-n2c(CN3CCNCC3)nc3ccc([N+](=O)[O-])cc3c2=O)cc1. The highest BCUT2D eigenvalue weighted by Gasteiger charge is 2.19. The molecule has 0 radical (unpaired) electrons. The summed E-state index contributed by atoms with van der Waals surface area (Å²) in [4.78, 5) is 30.9. The molecule has 1 aliphatic heterocycles. The molecule has 1 saturated heterocycles. The van der Waals surface area contributed by atoms with Gasteiger partial charge in [-0.3, -0.25) is 24.4 Å². The Morgan fingerprint density at radius 3 is 2.55 bits per heavy atom. The lowest BCUT2D eigenvalue weighted by Gasteiger charge is -2.27. The number of benzene rings is 2. The standard InChI is InChI=1S/C20H21N5O4/c1-29-16-5-2-14(3-6-16)24-19(13-23-10-8-21-9-11-23)22-18-7-4-15(25(27)28)12-17(18)20(24)26/h2-7,12,21H,8-11,13H2,1H3. The largest absolute Gasteiger partial charge is 0.497 e. The van der Waals surface area contributed by atoms with Crippen LogP contribution in [-0.2, 0) is 6.54 Å². The molecule has 9 nitrogen and oxygen atoms in total. The summed E-state index contributed by atoms with van der Waals surface area (Å²) >= 11 is 0. The first-order chi connectivity index (χ1) is 14.1. The van der Waals surface area contributed by atoms with Crippen LogP contribution in [0.5, 0.6) is 5.75 Å². The summed E-state index contributed by atoms with van der Waals surface area (Å²) in [7, 11) is 1.58. The van der Waals surface area contributed by atoms with Gasteiger partial charge in [0.1, 0.15) is 11.6 Å². The predicted molar refractivity (Wildman–Crippen MR) is 109 cm³/mol. The zero-order chi connectivity index (χ0) is 20.4. The highest BCUT2D eigenvalue weighted by Crippen LogP contribution is 2.21. The number of nitrogens with zero attached hydrogens (tertiary/aromatic N) is 4.